The first kappa shape index (κ1) is 16.5. The molecule has 1 rings (SSSR count). The van der Waals surface area contributed by atoms with E-state index in [1.165, 1.54) is 38.5 Å². The van der Waals surface area contributed by atoms with Crippen LogP contribution in [0.15, 0.2) is 0 Å². The van der Waals surface area contributed by atoms with Crippen LogP contribution in [0.25, 0.3) is 0 Å². The van der Waals surface area contributed by atoms with Crippen molar-refractivity contribution in [3.05, 3.63) is 0 Å². The van der Waals surface area contributed by atoms with Gasteiger partial charge in [0.05, 0.1) is 5.92 Å². The predicted octanol–water partition coefficient (Wildman–Crippen LogP) is 5.25. The van der Waals surface area contributed by atoms with Gasteiger partial charge in [0.1, 0.15) is 5.60 Å². The SMILES string of the molecule is CCCCCC(CC)(CC)OC(=O)C1CCCCC1. The summed E-state index contributed by atoms with van der Waals surface area (Å²) in [6.07, 6.45) is 12.3. The largest absolute Gasteiger partial charge is 0.459 e. The Morgan fingerprint density at radius 2 is 1.68 bits per heavy atom. The molecule has 19 heavy (non-hydrogen) atoms. The molecule has 1 aliphatic rings. The van der Waals surface area contributed by atoms with Gasteiger partial charge in [-0.05, 0) is 38.5 Å². The molecule has 0 radical (unpaired) electrons. The van der Waals surface area contributed by atoms with Crippen LogP contribution in [0.3, 0.4) is 0 Å². The first-order valence-corrected chi connectivity index (χ1v) is 8.40. The van der Waals surface area contributed by atoms with E-state index in [1.807, 2.05) is 0 Å². The lowest BCUT2D eigenvalue weighted by molar-refractivity contribution is -0.168. The van der Waals surface area contributed by atoms with Crippen LogP contribution < -0.4 is 0 Å². The van der Waals surface area contributed by atoms with Crippen molar-refractivity contribution in [3.63, 3.8) is 0 Å². The Kier molecular flexibility index (Phi) is 7.48. The maximum Gasteiger partial charge on any atom is 0.309 e. The lowest BCUT2D eigenvalue weighted by atomic mass is 9.87. The van der Waals surface area contributed by atoms with Crippen LogP contribution in [-0.2, 0) is 9.53 Å². The van der Waals surface area contributed by atoms with E-state index in [2.05, 4.69) is 20.8 Å². The van der Waals surface area contributed by atoms with Gasteiger partial charge in [-0.3, -0.25) is 4.79 Å². The highest BCUT2D eigenvalue weighted by atomic mass is 16.6. The Hall–Kier alpha value is -0.530. The summed E-state index contributed by atoms with van der Waals surface area (Å²) in [7, 11) is 0. The Labute approximate surface area is 119 Å². The highest BCUT2D eigenvalue weighted by Gasteiger charge is 2.33. The van der Waals surface area contributed by atoms with E-state index in [4.69, 9.17) is 4.74 Å². The number of rotatable bonds is 8. The molecule has 0 bridgehead atoms. The van der Waals surface area contributed by atoms with Crippen LogP contribution >= 0.6 is 0 Å². The van der Waals surface area contributed by atoms with E-state index in [9.17, 15) is 4.79 Å². The Morgan fingerprint density at radius 1 is 1.05 bits per heavy atom. The maximum absolute atomic E-state index is 12.3. The van der Waals surface area contributed by atoms with Crippen molar-refractivity contribution in [2.75, 3.05) is 0 Å². The fourth-order valence-corrected chi connectivity index (χ4v) is 3.13. The van der Waals surface area contributed by atoms with Crippen molar-refractivity contribution in [3.8, 4) is 0 Å². The number of ether oxygens (including phenoxy) is 1. The third-order valence-corrected chi connectivity index (χ3v) is 4.78. The van der Waals surface area contributed by atoms with Gasteiger partial charge in [-0.25, -0.2) is 0 Å². The molecule has 2 nitrogen and oxygen atoms in total. The van der Waals surface area contributed by atoms with Gasteiger partial charge in [0, 0.05) is 0 Å². The van der Waals surface area contributed by atoms with Crippen molar-refractivity contribution in [2.24, 2.45) is 5.92 Å². The molecule has 0 saturated heterocycles. The summed E-state index contributed by atoms with van der Waals surface area (Å²) in [5.41, 5.74) is -0.191. The first-order valence-electron chi connectivity index (χ1n) is 8.40. The summed E-state index contributed by atoms with van der Waals surface area (Å²) in [6, 6.07) is 0. The molecule has 0 atom stereocenters. The highest BCUT2D eigenvalue weighted by Crippen LogP contribution is 2.32. The van der Waals surface area contributed by atoms with Gasteiger partial charge in [-0.15, -0.1) is 0 Å². The molecule has 0 spiro atoms. The molecule has 1 aliphatic carbocycles. The van der Waals surface area contributed by atoms with E-state index >= 15 is 0 Å². The smallest absolute Gasteiger partial charge is 0.309 e. The molecule has 112 valence electrons. The van der Waals surface area contributed by atoms with E-state index in [0.717, 1.165) is 32.1 Å². The average molecular weight is 268 g/mol. The minimum absolute atomic E-state index is 0.0832. The summed E-state index contributed by atoms with van der Waals surface area (Å²) in [5.74, 6) is 0.261. The quantitative estimate of drug-likeness (QED) is 0.444. The van der Waals surface area contributed by atoms with Crippen molar-refractivity contribution in [2.45, 2.75) is 97.0 Å². The zero-order valence-electron chi connectivity index (χ0n) is 13.2. The van der Waals surface area contributed by atoms with Gasteiger partial charge in [0.15, 0.2) is 0 Å². The van der Waals surface area contributed by atoms with Crippen LogP contribution in [0.5, 0.6) is 0 Å². The number of hydrogen-bond donors (Lipinski definition) is 0. The van der Waals surface area contributed by atoms with E-state index in [-0.39, 0.29) is 17.5 Å². The zero-order valence-corrected chi connectivity index (χ0v) is 13.2. The molecule has 0 amide bonds. The molecule has 0 N–H and O–H groups in total. The first-order chi connectivity index (χ1) is 9.17. The number of hydrogen-bond acceptors (Lipinski definition) is 2. The second-order valence-corrected chi connectivity index (χ2v) is 6.10. The molecule has 0 aliphatic heterocycles. The lowest BCUT2D eigenvalue weighted by Crippen LogP contribution is -2.36. The number of esters is 1. The van der Waals surface area contributed by atoms with Crippen LogP contribution in [-0.4, -0.2) is 11.6 Å². The van der Waals surface area contributed by atoms with Gasteiger partial charge in [-0.2, -0.15) is 0 Å². The minimum atomic E-state index is -0.191. The number of carbonyl (C=O) groups is 1. The summed E-state index contributed by atoms with van der Waals surface area (Å²) >= 11 is 0. The number of carbonyl (C=O) groups excluding carboxylic acids is 1. The van der Waals surface area contributed by atoms with Crippen LogP contribution in [0.4, 0.5) is 0 Å². The summed E-state index contributed by atoms with van der Waals surface area (Å²) in [4.78, 5) is 12.3. The van der Waals surface area contributed by atoms with E-state index in [1.54, 1.807) is 0 Å². The molecule has 0 aromatic rings. The van der Waals surface area contributed by atoms with E-state index < -0.39 is 0 Å². The predicted molar refractivity (Wildman–Crippen MR) is 80.1 cm³/mol. The fraction of sp³-hybridized carbons (Fsp3) is 0.941. The molecule has 0 aromatic heterocycles. The standard InChI is InChI=1S/C17H32O2/c1-4-7-11-14-17(5-2,6-3)19-16(18)15-12-9-8-10-13-15/h15H,4-14H2,1-3H3. The maximum atomic E-state index is 12.3. The average Bonchev–Trinajstić information content (AvgIpc) is 2.47. The van der Waals surface area contributed by atoms with E-state index in [0.29, 0.717) is 0 Å². The van der Waals surface area contributed by atoms with Crippen molar-refractivity contribution < 1.29 is 9.53 Å². The topological polar surface area (TPSA) is 26.3 Å². The Bertz CT molecular complexity index is 250. The molecule has 0 heterocycles. The third kappa shape index (κ3) is 5.16. The molecular weight excluding hydrogens is 236 g/mol. The summed E-state index contributed by atoms with van der Waals surface area (Å²) in [6.45, 7) is 6.53. The molecular formula is C17H32O2. The Balaban J connectivity index is 2.52. The molecule has 0 aromatic carbocycles. The normalized spacial score (nSPS) is 17.4. The zero-order chi connectivity index (χ0) is 14.1. The fourth-order valence-electron chi connectivity index (χ4n) is 3.13. The van der Waals surface area contributed by atoms with Crippen LogP contribution in [0, 0.1) is 5.92 Å². The summed E-state index contributed by atoms with van der Waals surface area (Å²) in [5, 5.41) is 0. The molecule has 1 saturated carbocycles. The van der Waals surface area contributed by atoms with Crippen molar-refractivity contribution >= 4 is 5.97 Å². The van der Waals surface area contributed by atoms with Gasteiger partial charge in [0.25, 0.3) is 0 Å². The monoisotopic (exact) mass is 268 g/mol. The van der Waals surface area contributed by atoms with Crippen molar-refractivity contribution in [1.29, 1.82) is 0 Å². The minimum Gasteiger partial charge on any atom is -0.459 e. The Morgan fingerprint density at radius 3 is 2.21 bits per heavy atom. The lowest BCUT2D eigenvalue weighted by Gasteiger charge is -2.34. The number of unbranched alkanes of at least 4 members (excludes halogenated alkanes) is 2. The molecule has 2 heteroatoms. The van der Waals surface area contributed by atoms with Gasteiger partial charge >= 0.3 is 5.97 Å². The van der Waals surface area contributed by atoms with Gasteiger partial charge in [-0.1, -0.05) is 52.9 Å². The van der Waals surface area contributed by atoms with Crippen LogP contribution in [0.1, 0.15) is 91.4 Å². The van der Waals surface area contributed by atoms with Crippen LogP contribution in [0.2, 0.25) is 0 Å². The molecule has 1 fully saturated rings. The molecule has 0 unspecified atom stereocenters. The van der Waals surface area contributed by atoms with Crippen molar-refractivity contribution in [1.82, 2.24) is 0 Å². The summed E-state index contributed by atoms with van der Waals surface area (Å²) < 4.78 is 5.98. The highest BCUT2D eigenvalue weighted by molar-refractivity contribution is 5.73. The van der Waals surface area contributed by atoms with Gasteiger partial charge < -0.3 is 4.74 Å². The second-order valence-electron chi connectivity index (χ2n) is 6.10. The third-order valence-electron chi connectivity index (χ3n) is 4.78. The second kappa shape index (κ2) is 8.60. The van der Waals surface area contributed by atoms with Gasteiger partial charge in [0.2, 0.25) is 0 Å².